The summed E-state index contributed by atoms with van der Waals surface area (Å²) in [6.07, 6.45) is 0. The van der Waals surface area contributed by atoms with E-state index in [2.05, 4.69) is 0 Å². The Balaban J connectivity index is 3.60. The molecule has 0 heterocycles. The first-order chi connectivity index (χ1) is 5.46. The van der Waals surface area contributed by atoms with Gasteiger partial charge in [-0.05, 0) is 0 Å². The van der Waals surface area contributed by atoms with Crippen molar-refractivity contribution >= 4 is 0 Å². The number of halogens is 4. The summed E-state index contributed by atoms with van der Waals surface area (Å²) in [5, 5.41) is 20.5. The molecule has 0 N–H and O–H groups in total. The molecule has 2 nitrogen and oxygen atoms in total. The smallest absolute Gasteiger partial charge is 0.196 e. The van der Waals surface area contributed by atoms with Crippen LogP contribution in [0.2, 0.25) is 0 Å². The van der Waals surface area contributed by atoms with E-state index >= 15 is 0 Å². The summed E-state index contributed by atoms with van der Waals surface area (Å²) in [5.74, 6) is -12.9. The largest absolute Gasteiger partial charge is 0.871 e. The zero-order valence-electron chi connectivity index (χ0n) is 5.33. The van der Waals surface area contributed by atoms with Crippen molar-refractivity contribution in [2.24, 2.45) is 0 Å². The highest BCUT2D eigenvalue weighted by atomic mass is 19.2. The normalized spacial score (nSPS) is 10.3. The van der Waals surface area contributed by atoms with Crippen LogP contribution in [0.1, 0.15) is 0 Å². The first kappa shape index (κ1) is 8.63. The molecule has 66 valence electrons. The average Bonchev–Trinajstić information content (AvgIpc) is 2.08. The molecule has 1 aromatic rings. The Kier molecular flexibility index (Phi) is 1.83. The Hall–Kier alpha value is -1.46. The lowest BCUT2D eigenvalue weighted by Gasteiger charge is -2.19. The molecule has 0 spiro atoms. The lowest BCUT2D eigenvalue weighted by atomic mass is 10.2. The second kappa shape index (κ2) is 2.54. The molecule has 0 bridgehead atoms. The molecule has 0 aliphatic heterocycles. The summed E-state index contributed by atoms with van der Waals surface area (Å²) >= 11 is 0. The Morgan fingerprint density at radius 3 is 1.08 bits per heavy atom. The van der Waals surface area contributed by atoms with Crippen molar-refractivity contribution in [3.05, 3.63) is 23.3 Å². The quantitative estimate of drug-likeness (QED) is 0.329. The van der Waals surface area contributed by atoms with Gasteiger partial charge in [0.15, 0.2) is 23.3 Å². The monoisotopic (exact) mass is 180 g/mol. The maximum atomic E-state index is 12.1. The molecule has 0 fully saturated rings. The molecule has 0 aliphatic carbocycles. The molecule has 0 atom stereocenters. The van der Waals surface area contributed by atoms with Crippen molar-refractivity contribution < 1.29 is 27.8 Å². The van der Waals surface area contributed by atoms with Gasteiger partial charge in [-0.2, -0.15) is 0 Å². The van der Waals surface area contributed by atoms with Crippen molar-refractivity contribution in [2.75, 3.05) is 0 Å². The Morgan fingerprint density at radius 1 is 0.583 bits per heavy atom. The summed E-state index contributed by atoms with van der Waals surface area (Å²) in [4.78, 5) is 0. The SMILES string of the molecule is [O-]c1c([O-])c(F)c(F)c(F)c1F. The fourth-order valence-corrected chi connectivity index (χ4v) is 0.591. The van der Waals surface area contributed by atoms with Crippen LogP contribution < -0.4 is 10.2 Å². The predicted molar refractivity (Wildman–Crippen MR) is 25.2 cm³/mol. The molecular weight excluding hydrogens is 180 g/mol. The van der Waals surface area contributed by atoms with Crippen molar-refractivity contribution in [1.29, 1.82) is 0 Å². The van der Waals surface area contributed by atoms with Gasteiger partial charge in [0.1, 0.15) is 0 Å². The van der Waals surface area contributed by atoms with Gasteiger partial charge in [-0.1, -0.05) is 11.5 Å². The van der Waals surface area contributed by atoms with Gasteiger partial charge in [0.05, 0.1) is 0 Å². The third-order valence-corrected chi connectivity index (χ3v) is 1.18. The van der Waals surface area contributed by atoms with E-state index in [1.807, 2.05) is 0 Å². The van der Waals surface area contributed by atoms with Gasteiger partial charge in [-0.3, -0.25) is 0 Å². The second-order valence-corrected chi connectivity index (χ2v) is 1.91. The molecule has 12 heavy (non-hydrogen) atoms. The first-order valence-electron chi connectivity index (χ1n) is 2.66. The fraction of sp³-hybridized carbons (Fsp3) is 0. The maximum Gasteiger partial charge on any atom is 0.196 e. The summed E-state index contributed by atoms with van der Waals surface area (Å²) in [7, 11) is 0. The van der Waals surface area contributed by atoms with Gasteiger partial charge >= 0.3 is 0 Å². The molecule has 0 saturated carbocycles. The van der Waals surface area contributed by atoms with Gasteiger partial charge in [0, 0.05) is 0 Å². The molecule has 6 heteroatoms. The van der Waals surface area contributed by atoms with Crippen molar-refractivity contribution in [2.45, 2.75) is 0 Å². The van der Waals surface area contributed by atoms with Crippen molar-refractivity contribution in [3.63, 3.8) is 0 Å². The lowest BCUT2D eigenvalue weighted by molar-refractivity contribution is -0.323. The molecular formula is C6F4O2-2. The topological polar surface area (TPSA) is 46.1 Å². The van der Waals surface area contributed by atoms with Gasteiger partial charge in [0.25, 0.3) is 0 Å². The van der Waals surface area contributed by atoms with Crippen LogP contribution in [-0.4, -0.2) is 0 Å². The van der Waals surface area contributed by atoms with Crippen LogP contribution in [0.5, 0.6) is 11.5 Å². The van der Waals surface area contributed by atoms with Crippen LogP contribution in [0.4, 0.5) is 17.6 Å². The van der Waals surface area contributed by atoms with Crippen LogP contribution in [0.15, 0.2) is 0 Å². The summed E-state index contributed by atoms with van der Waals surface area (Å²) in [6.45, 7) is 0. The second-order valence-electron chi connectivity index (χ2n) is 1.91. The minimum Gasteiger partial charge on any atom is -0.871 e. The molecule has 0 saturated heterocycles. The van der Waals surface area contributed by atoms with Crippen LogP contribution >= 0.6 is 0 Å². The zero-order chi connectivity index (χ0) is 9.46. The van der Waals surface area contributed by atoms with E-state index in [4.69, 9.17) is 0 Å². The Morgan fingerprint density at radius 2 is 0.833 bits per heavy atom. The van der Waals surface area contributed by atoms with E-state index in [1.54, 1.807) is 0 Å². The third-order valence-electron chi connectivity index (χ3n) is 1.18. The van der Waals surface area contributed by atoms with E-state index in [-0.39, 0.29) is 0 Å². The summed E-state index contributed by atoms with van der Waals surface area (Å²) in [6, 6.07) is 0. The van der Waals surface area contributed by atoms with Crippen LogP contribution in [0.3, 0.4) is 0 Å². The highest BCUT2D eigenvalue weighted by molar-refractivity contribution is 5.39. The van der Waals surface area contributed by atoms with Gasteiger partial charge < -0.3 is 10.2 Å². The number of hydrogen-bond acceptors (Lipinski definition) is 2. The number of hydrogen-bond donors (Lipinski definition) is 0. The third kappa shape index (κ3) is 0.956. The molecule has 1 aromatic carbocycles. The predicted octanol–water partition coefficient (Wildman–Crippen LogP) is 0.390. The standard InChI is InChI=1S/C6H2F4O2/c7-1-2(8)4(10)6(12)5(11)3(1)9/h11-12H/p-2. The van der Waals surface area contributed by atoms with Crippen LogP contribution in [0.25, 0.3) is 0 Å². The minimum atomic E-state index is -2.27. The van der Waals surface area contributed by atoms with Crippen molar-refractivity contribution in [3.8, 4) is 11.5 Å². The Labute approximate surface area is 63.7 Å². The lowest BCUT2D eigenvalue weighted by Crippen LogP contribution is -2.09. The molecule has 1 rings (SSSR count). The minimum absolute atomic E-state index is 2.01. The van der Waals surface area contributed by atoms with E-state index in [0.717, 1.165) is 0 Å². The van der Waals surface area contributed by atoms with E-state index in [9.17, 15) is 27.8 Å². The van der Waals surface area contributed by atoms with Gasteiger partial charge in [0.2, 0.25) is 0 Å². The highest BCUT2D eigenvalue weighted by Gasteiger charge is 2.15. The van der Waals surface area contributed by atoms with Gasteiger partial charge in [-0.15, -0.1) is 0 Å². The molecule has 0 aliphatic rings. The van der Waals surface area contributed by atoms with Crippen molar-refractivity contribution in [1.82, 2.24) is 0 Å². The molecule has 0 amide bonds. The number of benzene rings is 1. The van der Waals surface area contributed by atoms with Gasteiger partial charge in [-0.25, -0.2) is 17.6 Å². The first-order valence-corrected chi connectivity index (χ1v) is 2.66. The Bertz CT molecular complexity index is 232. The van der Waals surface area contributed by atoms with Crippen LogP contribution in [-0.2, 0) is 0 Å². The highest BCUT2D eigenvalue weighted by Crippen LogP contribution is 2.30. The van der Waals surface area contributed by atoms with E-state index < -0.39 is 34.8 Å². The maximum absolute atomic E-state index is 12.1. The van der Waals surface area contributed by atoms with E-state index in [1.165, 1.54) is 0 Å². The molecule has 0 unspecified atom stereocenters. The average molecular weight is 180 g/mol. The zero-order valence-corrected chi connectivity index (χ0v) is 5.33. The fourth-order valence-electron chi connectivity index (χ4n) is 0.591. The molecule has 0 aromatic heterocycles. The van der Waals surface area contributed by atoms with E-state index in [0.29, 0.717) is 0 Å². The summed E-state index contributed by atoms with van der Waals surface area (Å²) in [5.41, 5.74) is 0. The molecule has 0 radical (unpaired) electrons. The van der Waals surface area contributed by atoms with Crippen LogP contribution in [0, 0.1) is 23.3 Å². The summed E-state index contributed by atoms with van der Waals surface area (Å²) < 4.78 is 48.5. The number of rotatable bonds is 0.